The number of fused-ring (bicyclic) bond motifs is 1. The standard InChI is InChI=1S/C22H17BN2O5S/c23-22(29)24-16-19(27)25-17(15(11-26)12-31-20(16)25)21(28)30-18(13-7-3-1-4-8-13)14-9-5-2-6-10-14/h1-12,16-18,20H,(H,24,29)/t16-,17-,20-/m1/s1. The van der Waals surface area contributed by atoms with Gasteiger partial charge in [0.1, 0.15) is 17.7 Å². The number of hydrogen-bond donors (Lipinski definition) is 1. The summed E-state index contributed by atoms with van der Waals surface area (Å²) in [7, 11) is 5.14. The van der Waals surface area contributed by atoms with Crippen LogP contribution in [0.1, 0.15) is 17.2 Å². The maximum Gasteiger partial charge on any atom is 0.334 e. The monoisotopic (exact) mass is 432 g/mol. The second kappa shape index (κ2) is 8.81. The van der Waals surface area contributed by atoms with Crippen molar-refractivity contribution in [2.45, 2.75) is 23.6 Å². The van der Waals surface area contributed by atoms with E-state index in [-0.39, 0.29) is 5.57 Å². The summed E-state index contributed by atoms with van der Waals surface area (Å²) >= 11 is 1.17. The Bertz CT molecular complexity index is 1010. The van der Waals surface area contributed by atoms with Crippen molar-refractivity contribution in [1.29, 1.82) is 0 Å². The zero-order valence-corrected chi connectivity index (χ0v) is 17.0. The summed E-state index contributed by atoms with van der Waals surface area (Å²) in [6.07, 6.45) is -0.177. The largest absolute Gasteiger partial charge is 0.451 e. The average molecular weight is 432 g/mol. The second-order valence-electron chi connectivity index (χ2n) is 7.03. The molecule has 2 radical (unpaired) electrons. The van der Waals surface area contributed by atoms with Gasteiger partial charge in [-0.05, 0) is 16.5 Å². The Hall–Kier alpha value is -3.33. The van der Waals surface area contributed by atoms with Gasteiger partial charge in [0.25, 0.3) is 0 Å². The number of thioether (sulfide) groups is 1. The van der Waals surface area contributed by atoms with Crippen LogP contribution in [0.15, 0.2) is 71.6 Å². The van der Waals surface area contributed by atoms with Gasteiger partial charge in [0.2, 0.25) is 13.8 Å². The molecule has 2 aliphatic rings. The van der Waals surface area contributed by atoms with E-state index in [1.54, 1.807) is 0 Å². The zero-order valence-electron chi connectivity index (χ0n) is 16.2. The number of amides is 2. The molecule has 1 N–H and O–H groups in total. The topological polar surface area (TPSA) is 92.8 Å². The van der Waals surface area contributed by atoms with Crippen molar-refractivity contribution >= 4 is 43.6 Å². The van der Waals surface area contributed by atoms with Crippen LogP contribution in [0.2, 0.25) is 0 Å². The van der Waals surface area contributed by atoms with E-state index >= 15 is 0 Å². The Kier molecular flexibility index (Phi) is 5.95. The molecule has 0 unspecified atom stereocenters. The normalized spacial score (nSPS) is 22.1. The molecule has 3 atom stereocenters. The first-order valence-electron chi connectivity index (χ1n) is 9.50. The van der Waals surface area contributed by atoms with Crippen molar-refractivity contribution in [2.75, 3.05) is 0 Å². The van der Waals surface area contributed by atoms with Crippen LogP contribution in [0, 0.1) is 0 Å². The molecule has 2 heterocycles. The number of rotatable bonds is 6. The molecule has 1 fully saturated rings. The second-order valence-corrected chi connectivity index (χ2v) is 8.03. The van der Waals surface area contributed by atoms with Gasteiger partial charge in [-0.1, -0.05) is 60.7 Å². The molecule has 1 saturated heterocycles. The van der Waals surface area contributed by atoms with Gasteiger partial charge in [0.05, 0.1) is 0 Å². The smallest absolute Gasteiger partial charge is 0.334 e. The molecule has 31 heavy (non-hydrogen) atoms. The van der Waals surface area contributed by atoms with Gasteiger partial charge in [-0.15, -0.1) is 11.8 Å². The molecule has 154 valence electrons. The number of carbonyl (C=O) groups excluding carboxylic acids is 4. The number of carbonyl (C=O) groups is 4. The number of ether oxygens (including phenoxy) is 1. The molecule has 0 aliphatic carbocycles. The van der Waals surface area contributed by atoms with Crippen LogP contribution in [0.5, 0.6) is 0 Å². The first-order chi connectivity index (χ1) is 15.0. The van der Waals surface area contributed by atoms with Gasteiger partial charge >= 0.3 is 5.97 Å². The summed E-state index contributed by atoms with van der Waals surface area (Å²) in [4.78, 5) is 49.9. The number of nitrogens with zero attached hydrogens (tertiary/aromatic N) is 1. The van der Waals surface area contributed by atoms with Crippen LogP contribution >= 0.6 is 11.8 Å². The van der Waals surface area contributed by atoms with Crippen molar-refractivity contribution in [3.8, 4) is 0 Å². The number of nitrogens with one attached hydrogen (secondary N) is 1. The Morgan fingerprint density at radius 1 is 1.06 bits per heavy atom. The highest BCUT2D eigenvalue weighted by Gasteiger charge is 2.56. The molecule has 2 aromatic rings. The maximum atomic E-state index is 13.3. The van der Waals surface area contributed by atoms with Crippen LogP contribution in [0.3, 0.4) is 0 Å². The van der Waals surface area contributed by atoms with E-state index in [1.165, 1.54) is 22.1 Å². The highest BCUT2D eigenvalue weighted by molar-refractivity contribution is 8.03. The fraction of sp³-hybridized carbons (Fsp3) is 0.182. The lowest BCUT2D eigenvalue weighted by Crippen LogP contribution is -2.74. The van der Waals surface area contributed by atoms with E-state index in [4.69, 9.17) is 12.6 Å². The van der Waals surface area contributed by atoms with E-state index in [0.717, 1.165) is 11.1 Å². The first-order valence-corrected chi connectivity index (χ1v) is 10.4. The molecule has 4 rings (SSSR count). The van der Waals surface area contributed by atoms with Crippen LogP contribution in [-0.2, 0) is 19.1 Å². The summed E-state index contributed by atoms with van der Waals surface area (Å²) in [6, 6.07) is 16.3. The number of β-lactam (4-membered cyclic amide) rings is 1. The molecular formula is C22H17BN2O5S. The van der Waals surface area contributed by atoms with E-state index in [9.17, 15) is 19.2 Å². The average Bonchev–Trinajstić information content (AvgIpc) is 2.80. The maximum absolute atomic E-state index is 13.3. The van der Waals surface area contributed by atoms with Crippen molar-refractivity contribution in [3.63, 3.8) is 0 Å². The predicted octanol–water partition coefficient (Wildman–Crippen LogP) is 1.93. The number of benzene rings is 2. The molecule has 0 bridgehead atoms. The summed E-state index contributed by atoms with van der Waals surface area (Å²) in [5, 5.41) is 3.34. The lowest BCUT2D eigenvalue weighted by atomic mass is 9.96. The third-order valence-corrected chi connectivity index (χ3v) is 6.30. The Morgan fingerprint density at radius 2 is 1.65 bits per heavy atom. The lowest BCUT2D eigenvalue weighted by Gasteiger charge is -2.51. The molecule has 9 heteroatoms. The van der Waals surface area contributed by atoms with Crippen molar-refractivity contribution in [1.82, 2.24) is 10.2 Å². The van der Waals surface area contributed by atoms with Crippen LogP contribution in [-0.4, -0.2) is 54.2 Å². The third kappa shape index (κ3) is 4.01. The fourth-order valence-corrected chi connectivity index (χ4v) is 4.85. The van der Waals surface area contributed by atoms with Gasteiger partial charge in [0.15, 0.2) is 18.0 Å². The van der Waals surface area contributed by atoms with Gasteiger partial charge in [0, 0.05) is 5.57 Å². The SMILES string of the molecule is [B]C(=O)N[C@@H]1C(=O)N2[C@@H](C(=O)OC(c3ccccc3)c3ccccc3)C(C=O)=CS[C@H]12. The van der Waals surface area contributed by atoms with E-state index in [1.807, 2.05) is 60.7 Å². The fourth-order valence-electron chi connectivity index (χ4n) is 3.67. The van der Waals surface area contributed by atoms with Gasteiger partial charge in [-0.25, -0.2) is 4.79 Å². The number of hydrogen-bond acceptors (Lipinski definition) is 6. The minimum absolute atomic E-state index is 0.122. The number of aldehydes is 1. The first kappa shape index (κ1) is 20.9. The van der Waals surface area contributed by atoms with Gasteiger partial charge in [-0.3, -0.25) is 14.4 Å². The highest BCUT2D eigenvalue weighted by Crippen LogP contribution is 2.40. The zero-order chi connectivity index (χ0) is 22.0. The van der Waals surface area contributed by atoms with E-state index in [0.29, 0.717) is 6.29 Å². The summed E-state index contributed by atoms with van der Waals surface area (Å²) in [6.45, 7) is 0. The molecule has 0 aromatic heterocycles. The summed E-state index contributed by atoms with van der Waals surface area (Å²) in [5.41, 5.74) is 1.63. The van der Waals surface area contributed by atoms with Crippen LogP contribution in [0.25, 0.3) is 0 Å². The molecule has 0 spiro atoms. The van der Waals surface area contributed by atoms with Crippen LogP contribution in [0.4, 0.5) is 4.79 Å². The molecular weight excluding hydrogens is 415 g/mol. The molecule has 2 aliphatic heterocycles. The molecule has 0 saturated carbocycles. The summed E-state index contributed by atoms with van der Waals surface area (Å²) < 4.78 is 5.86. The van der Waals surface area contributed by atoms with Crippen molar-refractivity contribution in [3.05, 3.63) is 82.8 Å². The van der Waals surface area contributed by atoms with Crippen molar-refractivity contribution < 1.29 is 23.9 Å². The van der Waals surface area contributed by atoms with E-state index < -0.39 is 41.2 Å². The predicted molar refractivity (Wildman–Crippen MR) is 115 cm³/mol. The molecule has 2 amide bonds. The number of esters is 1. The van der Waals surface area contributed by atoms with Gasteiger partial charge in [-0.2, -0.15) is 0 Å². The summed E-state index contributed by atoms with van der Waals surface area (Å²) in [5.74, 6) is -2.06. The van der Waals surface area contributed by atoms with E-state index in [2.05, 4.69) is 5.32 Å². The van der Waals surface area contributed by atoms with Crippen LogP contribution < -0.4 is 5.32 Å². The third-order valence-electron chi connectivity index (χ3n) is 5.11. The highest BCUT2D eigenvalue weighted by atomic mass is 32.2. The quantitative estimate of drug-likeness (QED) is 0.325. The lowest BCUT2D eigenvalue weighted by molar-refractivity contribution is -0.164. The molecule has 2 aromatic carbocycles. The molecule has 7 nitrogen and oxygen atoms in total. The van der Waals surface area contributed by atoms with Crippen molar-refractivity contribution in [2.24, 2.45) is 0 Å². The Labute approximate surface area is 184 Å². The minimum atomic E-state index is -1.20. The van der Waals surface area contributed by atoms with Gasteiger partial charge < -0.3 is 15.0 Å². The Balaban J connectivity index is 1.63. The Morgan fingerprint density at radius 3 is 2.16 bits per heavy atom. The minimum Gasteiger partial charge on any atom is -0.451 e.